The largest absolute Gasteiger partial charge is 0.305 e. The van der Waals surface area contributed by atoms with E-state index in [9.17, 15) is 0 Å². The van der Waals surface area contributed by atoms with Crippen molar-refractivity contribution in [3.63, 3.8) is 0 Å². The molecule has 16 heavy (non-hydrogen) atoms. The summed E-state index contributed by atoms with van der Waals surface area (Å²) in [5.41, 5.74) is 1.19. The first-order valence-corrected chi connectivity index (χ1v) is 6.74. The average molecular weight is 300 g/mol. The second-order valence-electron chi connectivity index (χ2n) is 3.75. The molecule has 0 saturated carbocycles. The lowest BCUT2D eigenvalue weighted by atomic mass is 10.2. The Balaban J connectivity index is 1.92. The predicted molar refractivity (Wildman–Crippen MR) is 70.6 cm³/mol. The van der Waals surface area contributed by atoms with Crippen LogP contribution < -0.4 is 5.32 Å². The van der Waals surface area contributed by atoms with Gasteiger partial charge in [-0.25, -0.2) is 0 Å². The number of nitrogens with one attached hydrogen (secondary N) is 2. The molecule has 0 spiro atoms. The molecule has 0 bridgehead atoms. The van der Waals surface area contributed by atoms with Crippen molar-refractivity contribution >= 4 is 27.3 Å². The molecule has 0 fully saturated rings. The van der Waals surface area contributed by atoms with Crippen LogP contribution in [0.3, 0.4) is 0 Å². The molecule has 2 N–H and O–H groups in total. The van der Waals surface area contributed by atoms with Crippen LogP contribution in [-0.2, 0) is 6.54 Å². The maximum Gasteiger partial charge on any atom is 0.0534 e. The number of H-pyrrole nitrogens is 1. The third-order valence-electron chi connectivity index (χ3n) is 2.51. The highest BCUT2D eigenvalue weighted by atomic mass is 79.9. The molecule has 2 aromatic heterocycles. The molecule has 1 unspecified atom stereocenters. The molecule has 0 aliphatic heterocycles. The molecular formula is C11H14BrN3S. The third-order valence-corrected chi connectivity index (χ3v) is 4.65. The second-order valence-corrected chi connectivity index (χ2v) is 5.95. The van der Waals surface area contributed by atoms with Gasteiger partial charge in [-0.15, -0.1) is 11.3 Å². The second kappa shape index (κ2) is 5.12. The molecule has 2 heterocycles. The summed E-state index contributed by atoms with van der Waals surface area (Å²) in [5.74, 6) is 0. The number of aromatic amines is 1. The van der Waals surface area contributed by atoms with Gasteiger partial charge < -0.3 is 5.32 Å². The van der Waals surface area contributed by atoms with Crippen molar-refractivity contribution in [1.82, 2.24) is 15.5 Å². The summed E-state index contributed by atoms with van der Waals surface area (Å²) < 4.78 is 1.20. The van der Waals surface area contributed by atoms with Crippen molar-refractivity contribution in [2.24, 2.45) is 0 Å². The van der Waals surface area contributed by atoms with Crippen LogP contribution >= 0.6 is 27.3 Å². The summed E-state index contributed by atoms with van der Waals surface area (Å²) >= 11 is 5.35. The molecule has 0 aliphatic carbocycles. The number of aryl methyl sites for hydroxylation is 1. The summed E-state index contributed by atoms with van der Waals surface area (Å²) in [7, 11) is 0. The zero-order valence-corrected chi connectivity index (χ0v) is 11.7. The Morgan fingerprint density at radius 1 is 1.62 bits per heavy atom. The van der Waals surface area contributed by atoms with E-state index in [-0.39, 0.29) is 0 Å². The van der Waals surface area contributed by atoms with Gasteiger partial charge in [0.05, 0.1) is 6.20 Å². The van der Waals surface area contributed by atoms with Crippen molar-refractivity contribution in [3.05, 3.63) is 38.3 Å². The van der Waals surface area contributed by atoms with Crippen molar-refractivity contribution in [1.29, 1.82) is 0 Å². The first kappa shape index (κ1) is 11.8. The van der Waals surface area contributed by atoms with Gasteiger partial charge in [0.2, 0.25) is 0 Å². The summed E-state index contributed by atoms with van der Waals surface area (Å²) in [4.78, 5) is 2.67. The van der Waals surface area contributed by atoms with Crippen LogP contribution in [0.1, 0.15) is 28.3 Å². The number of halogens is 1. The van der Waals surface area contributed by atoms with Crippen molar-refractivity contribution in [2.45, 2.75) is 26.4 Å². The Labute approximate surface area is 107 Å². The summed E-state index contributed by atoms with van der Waals surface area (Å²) in [6, 6.07) is 2.50. The molecule has 0 radical (unpaired) electrons. The molecule has 0 saturated heterocycles. The van der Waals surface area contributed by atoms with E-state index < -0.39 is 0 Å². The minimum atomic E-state index is 0.319. The Kier molecular flexibility index (Phi) is 3.78. The van der Waals surface area contributed by atoms with E-state index in [4.69, 9.17) is 0 Å². The van der Waals surface area contributed by atoms with Gasteiger partial charge in [-0.3, -0.25) is 5.10 Å². The van der Waals surface area contributed by atoms with Crippen LogP contribution in [0.15, 0.2) is 22.9 Å². The van der Waals surface area contributed by atoms with Gasteiger partial charge in [0.15, 0.2) is 0 Å². The maximum atomic E-state index is 3.95. The molecule has 5 heteroatoms. The first-order valence-electron chi connectivity index (χ1n) is 5.13. The Hall–Kier alpha value is -0.650. The van der Waals surface area contributed by atoms with Crippen LogP contribution in [0.25, 0.3) is 0 Å². The molecule has 0 amide bonds. The van der Waals surface area contributed by atoms with Gasteiger partial charge in [-0.05, 0) is 35.8 Å². The van der Waals surface area contributed by atoms with Crippen LogP contribution in [0.4, 0.5) is 0 Å². The highest BCUT2D eigenvalue weighted by Crippen LogP contribution is 2.26. The highest BCUT2D eigenvalue weighted by molar-refractivity contribution is 9.10. The molecular weight excluding hydrogens is 286 g/mol. The van der Waals surface area contributed by atoms with Crippen molar-refractivity contribution < 1.29 is 0 Å². The van der Waals surface area contributed by atoms with E-state index in [1.54, 1.807) is 0 Å². The fraction of sp³-hybridized carbons (Fsp3) is 0.364. The van der Waals surface area contributed by atoms with Gasteiger partial charge in [0, 0.05) is 38.6 Å². The molecule has 2 aromatic rings. The van der Waals surface area contributed by atoms with Gasteiger partial charge in [-0.2, -0.15) is 5.10 Å². The van der Waals surface area contributed by atoms with Crippen molar-refractivity contribution in [2.75, 3.05) is 0 Å². The Bertz CT molecular complexity index is 430. The molecule has 0 aliphatic rings. The van der Waals surface area contributed by atoms with Crippen LogP contribution in [0, 0.1) is 6.92 Å². The van der Waals surface area contributed by atoms with E-state index in [0.717, 1.165) is 6.54 Å². The smallest absolute Gasteiger partial charge is 0.0534 e. The molecule has 3 nitrogen and oxygen atoms in total. The van der Waals surface area contributed by atoms with E-state index in [0.29, 0.717) is 6.04 Å². The number of hydrogen-bond donors (Lipinski definition) is 2. The zero-order valence-electron chi connectivity index (χ0n) is 9.25. The number of rotatable bonds is 4. The van der Waals surface area contributed by atoms with Gasteiger partial charge >= 0.3 is 0 Å². The number of thiophene rings is 1. The maximum absolute atomic E-state index is 3.95. The van der Waals surface area contributed by atoms with Crippen LogP contribution in [-0.4, -0.2) is 10.2 Å². The van der Waals surface area contributed by atoms with Crippen LogP contribution in [0.5, 0.6) is 0 Å². The lowest BCUT2D eigenvalue weighted by molar-refractivity contribution is 0.579. The fourth-order valence-corrected chi connectivity index (χ4v) is 3.03. The van der Waals surface area contributed by atoms with Gasteiger partial charge in [0.1, 0.15) is 0 Å². The van der Waals surface area contributed by atoms with E-state index in [2.05, 4.69) is 51.4 Å². The van der Waals surface area contributed by atoms with Crippen molar-refractivity contribution in [3.8, 4) is 0 Å². The minimum absolute atomic E-state index is 0.319. The summed E-state index contributed by atoms with van der Waals surface area (Å²) in [6.07, 6.45) is 3.78. The lowest BCUT2D eigenvalue weighted by Crippen LogP contribution is -2.16. The topological polar surface area (TPSA) is 40.7 Å². The predicted octanol–water partition coefficient (Wildman–Crippen LogP) is 3.39. The fourth-order valence-electron chi connectivity index (χ4n) is 1.47. The Morgan fingerprint density at radius 3 is 3.00 bits per heavy atom. The monoisotopic (exact) mass is 299 g/mol. The lowest BCUT2D eigenvalue weighted by Gasteiger charge is -2.10. The standard InChI is InChI=1S/C11H14BrN3S/c1-7(9-4-14-15-5-9)13-6-10-3-11(12)8(2)16-10/h3-5,7,13H,6H2,1-2H3,(H,14,15). The number of hydrogen-bond acceptors (Lipinski definition) is 3. The highest BCUT2D eigenvalue weighted by Gasteiger charge is 2.07. The quantitative estimate of drug-likeness (QED) is 0.908. The molecule has 1 atom stereocenters. The number of nitrogens with zero attached hydrogens (tertiary/aromatic N) is 1. The Morgan fingerprint density at radius 2 is 2.44 bits per heavy atom. The molecule has 0 aromatic carbocycles. The van der Waals surface area contributed by atoms with Gasteiger partial charge in [0.25, 0.3) is 0 Å². The minimum Gasteiger partial charge on any atom is -0.305 e. The molecule has 2 rings (SSSR count). The van der Waals surface area contributed by atoms with E-state index >= 15 is 0 Å². The number of aromatic nitrogens is 2. The normalized spacial score (nSPS) is 12.9. The third kappa shape index (κ3) is 2.72. The molecule has 86 valence electrons. The van der Waals surface area contributed by atoms with Gasteiger partial charge in [-0.1, -0.05) is 0 Å². The van der Waals surface area contributed by atoms with E-state index in [1.165, 1.54) is 19.8 Å². The summed E-state index contributed by atoms with van der Waals surface area (Å²) in [5, 5.41) is 10.2. The summed E-state index contributed by atoms with van der Waals surface area (Å²) in [6.45, 7) is 5.15. The van der Waals surface area contributed by atoms with E-state index in [1.807, 2.05) is 23.7 Å². The first-order chi connectivity index (χ1) is 7.66. The SMILES string of the molecule is Cc1sc(CNC(C)c2cn[nH]c2)cc1Br. The van der Waals surface area contributed by atoms with Crippen LogP contribution in [0.2, 0.25) is 0 Å². The zero-order chi connectivity index (χ0) is 11.5. The average Bonchev–Trinajstić information content (AvgIpc) is 2.86.